The van der Waals surface area contributed by atoms with Gasteiger partial charge < -0.3 is 14.4 Å². The minimum absolute atomic E-state index is 0.140. The lowest BCUT2D eigenvalue weighted by molar-refractivity contribution is 0.0778. The van der Waals surface area contributed by atoms with Crippen LogP contribution in [0.15, 0.2) is 47.0 Å². The highest BCUT2D eigenvalue weighted by Crippen LogP contribution is 2.32. The van der Waals surface area contributed by atoms with Crippen molar-refractivity contribution >= 4 is 0 Å². The molecule has 1 saturated heterocycles. The van der Waals surface area contributed by atoms with Crippen molar-refractivity contribution in [3.63, 3.8) is 0 Å². The molecule has 0 aliphatic carbocycles. The summed E-state index contributed by atoms with van der Waals surface area (Å²) in [5, 5.41) is 14.7. The van der Waals surface area contributed by atoms with Crippen LogP contribution in [0.2, 0.25) is 0 Å². The fraction of sp³-hybridized carbons (Fsp3) is 0.391. The molecule has 1 aromatic heterocycles. The molecular formula is C23H25FN2O3. The van der Waals surface area contributed by atoms with E-state index in [4.69, 9.17) is 9.26 Å². The molecule has 0 amide bonds. The fourth-order valence-electron chi connectivity index (χ4n) is 3.63. The van der Waals surface area contributed by atoms with Crippen molar-refractivity contribution in [1.82, 2.24) is 10.1 Å². The number of hydrogen-bond acceptors (Lipinski definition) is 5. The normalized spacial score (nSPS) is 16.3. The molecule has 2 heterocycles. The average molecular weight is 396 g/mol. The van der Waals surface area contributed by atoms with Gasteiger partial charge in [-0.15, -0.1) is 0 Å². The number of rotatable bonds is 5. The Morgan fingerprint density at radius 3 is 2.41 bits per heavy atom. The smallest absolute Gasteiger partial charge is 0.230 e. The van der Waals surface area contributed by atoms with Crippen molar-refractivity contribution in [2.45, 2.75) is 44.6 Å². The van der Waals surface area contributed by atoms with Crippen LogP contribution in [0.25, 0.3) is 11.4 Å². The fourth-order valence-corrected chi connectivity index (χ4v) is 3.63. The lowest BCUT2D eigenvalue weighted by Crippen LogP contribution is -2.14. The molecule has 1 atom stereocenters. The molecule has 1 unspecified atom stereocenters. The largest absolute Gasteiger partial charge is 0.384 e. The van der Waals surface area contributed by atoms with Gasteiger partial charge in [0.2, 0.25) is 11.7 Å². The number of benzene rings is 2. The van der Waals surface area contributed by atoms with Crippen molar-refractivity contribution in [1.29, 1.82) is 0 Å². The van der Waals surface area contributed by atoms with E-state index in [2.05, 4.69) is 24.0 Å². The summed E-state index contributed by atoms with van der Waals surface area (Å²) in [4.78, 5) is 4.41. The Kier molecular flexibility index (Phi) is 5.74. The number of aromatic nitrogens is 2. The van der Waals surface area contributed by atoms with Crippen molar-refractivity contribution in [2.24, 2.45) is 0 Å². The van der Waals surface area contributed by atoms with E-state index in [1.807, 2.05) is 24.3 Å². The van der Waals surface area contributed by atoms with Gasteiger partial charge in [-0.2, -0.15) is 4.98 Å². The van der Waals surface area contributed by atoms with Gasteiger partial charge in [0.15, 0.2) is 0 Å². The van der Waals surface area contributed by atoms with Gasteiger partial charge in [0, 0.05) is 24.7 Å². The molecule has 0 bridgehead atoms. The number of aliphatic hydroxyl groups excluding tert-OH is 1. The quantitative estimate of drug-likeness (QED) is 0.659. The lowest BCUT2D eigenvalue weighted by Gasteiger charge is -2.18. The first kappa shape index (κ1) is 19.7. The summed E-state index contributed by atoms with van der Waals surface area (Å²) in [6, 6.07) is 12.5. The maximum absolute atomic E-state index is 15.3. The lowest BCUT2D eigenvalue weighted by atomic mass is 9.95. The molecule has 0 saturated carbocycles. The summed E-state index contributed by atoms with van der Waals surface area (Å²) >= 11 is 0. The molecule has 1 fully saturated rings. The molecular weight excluding hydrogens is 371 g/mol. The summed E-state index contributed by atoms with van der Waals surface area (Å²) in [5.74, 6) is 0.712. The highest BCUT2D eigenvalue weighted by molar-refractivity contribution is 5.57. The first-order chi connectivity index (χ1) is 14.0. The van der Waals surface area contributed by atoms with Crippen molar-refractivity contribution < 1.29 is 18.8 Å². The van der Waals surface area contributed by atoms with E-state index < -0.39 is 11.9 Å². The van der Waals surface area contributed by atoms with Crippen molar-refractivity contribution in [3.8, 4) is 11.4 Å². The molecule has 0 radical (unpaired) electrons. The zero-order valence-corrected chi connectivity index (χ0v) is 16.6. The molecule has 2 aromatic carbocycles. The van der Waals surface area contributed by atoms with Crippen LogP contribution in [0, 0.1) is 5.82 Å². The Morgan fingerprint density at radius 1 is 1.03 bits per heavy atom. The van der Waals surface area contributed by atoms with E-state index in [0.717, 1.165) is 12.8 Å². The monoisotopic (exact) mass is 396 g/mol. The minimum atomic E-state index is -1.07. The van der Waals surface area contributed by atoms with E-state index in [1.54, 1.807) is 18.2 Å². The molecule has 4 rings (SSSR count). The van der Waals surface area contributed by atoms with Crippen LogP contribution in [-0.4, -0.2) is 28.5 Å². The Morgan fingerprint density at radius 2 is 1.72 bits per heavy atom. The molecule has 1 N–H and O–H groups in total. The SMILES string of the molecule is CC(C)c1ccc(C(O)c2cccc(-c3noc(C4CCOCC4)n3)c2F)cc1. The maximum atomic E-state index is 15.3. The van der Waals surface area contributed by atoms with Gasteiger partial charge in [-0.1, -0.05) is 55.4 Å². The first-order valence-corrected chi connectivity index (χ1v) is 10.0. The molecule has 0 spiro atoms. The predicted molar refractivity (Wildman–Crippen MR) is 107 cm³/mol. The molecule has 6 heteroatoms. The zero-order chi connectivity index (χ0) is 20.4. The molecule has 1 aliphatic rings. The first-order valence-electron chi connectivity index (χ1n) is 10.0. The highest BCUT2D eigenvalue weighted by atomic mass is 19.1. The molecule has 29 heavy (non-hydrogen) atoms. The van der Waals surface area contributed by atoms with Gasteiger partial charge in [-0.3, -0.25) is 0 Å². The predicted octanol–water partition coefficient (Wildman–Crippen LogP) is 4.97. The highest BCUT2D eigenvalue weighted by Gasteiger charge is 2.25. The summed E-state index contributed by atoms with van der Waals surface area (Å²) in [7, 11) is 0. The van der Waals surface area contributed by atoms with E-state index in [-0.39, 0.29) is 22.9 Å². The molecule has 152 valence electrons. The molecule has 3 aromatic rings. The van der Waals surface area contributed by atoms with E-state index in [1.165, 1.54) is 5.56 Å². The number of halogens is 1. The second-order valence-corrected chi connectivity index (χ2v) is 7.78. The standard InChI is InChI=1S/C23H25FN2O3/c1-14(2)15-6-8-16(9-7-15)21(27)18-4-3-5-19(20(18)24)22-25-23(29-26-22)17-10-12-28-13-11-17/h3-9,14,17,21,27H,10-13H2,1-2H3. The van der Waals surface area contributed by atoms with Crippen LogP contribution in [0.3, 0.4) is 0 Å². The zero-order valence-electron chi connectivity index (χ0n) is 16.6. The van der Waals surface area contributed by atoms with Crippen LogP contribution in [0.1, 0.15) is 67.2 Å². The van der Waals surface area contributed by atoms with Gasteiger partial charge in [0.1, 0.15) is 11.9 Å². The Hall–Kier alpha value is -2.57. The molecule has 5 nitrogen and oxygen atoms in total. The maximum Gasteiger partial charge on any atom is 0.230 e. The van der Waals surface area contributed by atoms with Gasteiger partial charge in [-0.05, 0) is 36.0 Å². The van der Waals surface area contributed by atoms with Crippen LogP contribution in [0.5, 0.6) is 0 Å². The topological polar surface area (TPSA) is 68.4 Å². The molecule has 1 aliphatic heterocycles. The third-order valence-electron chi connectivity index (χ3n) is 5.50. The summed E-state index contributed by atoms with van der Waals surface area (Å²) in [6.45, 7) is 5.53. The van der Waals surface area contributed by atoms with Gasteiger partial charge in [-0.25, -0.2) is 4.39 Å². The van der Waals surface area contributed by atoms with E-state index in [9.17, 15) is 5.11 Å². The third-order valence-corrected chi connectivity index (χ3v) is 5.50. The van der Waals surface area contributed by atoms with E-state index >= 15 is 4.39 Å². The van der Waals surface area contributed by atoms with Gasteiger partial charge in [0.05, 0.1) is 5.56 Å². The van der Waals surface area contributed by atoms with E-state index in [0.29, 0.717) is 30.6 Å². The van der Waals surface area contributed by atoms with Crippen molar-refractivity contribution in [2.75, 3.05) is 13.2 Å². The van der Waals surface area contributed by atoms with Crippen LogP contribution in [-0.2, 0) is 4.74 Å². The van der Waals surface area contributed by atoms with Crippen LogP contribution in [0.4, 0.5) is 4.39 Å². The third kappa shape index (κ3) is 4.09. The van der Waals surface area contributed by atoms with Crippen LogP contribution >= 0.6 is 0 Å². The summed E-state index contributed by atoms with van der Waals surface area (Å²) in [5.41, 5.74) is 2.23. The Bertz CT molecular complexity index is 963. The van der Waals surface area contributed by atoms with Gasteiger partial charge in [0.25, 0.3) is 0 Å². The van der Waals surface area contributed by atoms with Crippen molar-refractivity contribution in [3.05, 3.63) is 70.9 Å². The minimum Gasteiger partial charge on any atom is -0.384 e. The number of ether oxygens (including phenoxy) is 1. The Labute approximate surface area is 169 Å². The summed E-state index contributed by atoms with van der Waals surface area (Å²) in [6.07, 6.45) is 0.558. The number of hydrogen-bond donors (Lipinski definition) is 1. The Balaban J connectivity index is 1.61. The average Bonchev–Trinajstić information content (AvgIpc) is 3.24. The summed E-state index contributed by atoms with van der Waals surface area (Å²) < 4.78 is 26.0. The number of nitrogens with zero attached hydrogens (tertiary/aromatic N) is 2. The van der Waals surface area contributed by atoms with Gasteiger partial charge >= 0.3 is 0 Å². The van der Waals surface area contributed by atoms with Crippen LogP contribution < -0.4 is 0 Å². The second-order valence-electron chi connectivity index (χ2n) is 7.78. The second kappa shape index (κ2) is 8.43. The number of aliphatic hydroxyl groups is 1.